The van der Waals surface area contributed by atoms with Crippen LogP contribution in [-0.2, 0) is 11.8 Å². The molecule has 1 amide bonds. The maximum atomic E-state index is 12.3. The van der Waals surface area contributed by atoms with Crippen molar-refractivity contribution in [1.82, 2.24) is 31.3 Å². The minimum atomic E-state index is -0.639. The zero-order valence-electron chi connectivity index (χ0n) is 23.1. The van der Waals surface area contributed by atoms with Gasteiger partial charge in [-0.3, -0.25) is 4.79 Å². The number of aromatic nitrogens is 4. The highest BCUT2D eigenvalue weighted by molar-refractivity contribution is 5.94. The molecule has 8 heteroatoms. The number of amides is 1. The monoisotopic (exact) mass is 517 g/mol. The molecule has 204 valence electrons. The van der Waals surface area contributed by atoms with Gasteiger partial charge in [-0.05, 0) is 72.9 Å². The summed E-state index contributed by atoms with van der Waals surface area (Å²) in [7, 11) is 3.48. The van der Waals surface area contributed by atoms with Crippen molar-refractivity contribution in [2.45, 2.75) is 69.7 Å². The Morgan fingerprint density at radius 1 is 1.26 bits per heavy atom. The van der Waals surface area contributed by atoms with Crippen LogP contribution in [0.2, 0.25) is 0 Å². The first-order chi connectivity index (χ1) is 18.3. The molecule has 2 aliphatic carbocycles. The number of fused-ring (bicyclic) bond motifs is 1. The summed E-state index contributed by atoms with van der Waals surface area (Å²) in [5, 5.41) is 21.0. The van der Waals surface area contributed by atoms with Gasteiger partial charge in [-0.25, -0.2) is 0 Å². The fourth-order valence-corrected chi connectivity index (χ4v) is 5.75. The standard InChI is InChI=1S/C24H32N6O.C6H11N/c1-3-19-10-6-9-17-14-18(22(31)26-2)11-12-21(17)24(19,23-27-29-30-28-23)15-20(25)13-16-7-4-5-8-16;1-5(2)6(3)7-4/h3,10-12,14,16,20H,1,4-9,13,15,25H2,2H3,(H,26,31)(H,27,28,29,30);7H,1,3H2,2,4H3. The van der Waals surface area contributed by atoms with E-state index in [4.69, 9.17) is 5.73 Å². The molecule has 1 saturated carbocycles. The van der Waals surface area contributed by atoms with Crippen LogP contribution in [0.5, 0.6) is 0 Å². The van der Waals surface area contributed by atoms with Crippen LogP contribution in [0.3, 0.4) is 0 Å². The van der Waals surface area contributed by atoms with Gasteiger partial charge in [0.15, 0.2) is 5.82 Å². The van der Waals surface area contributed by atoms with Crippen LogP contribution < -0.4 is 16.4 Å². The van der Waals surface area contributed by atoms with Crippen LogP contribution in [0, 0.1) is 5.92 Å². The number of benzene rings is 1. The zero-order valence-corrected chi connectivity index (χ0v) is 23.1. The molecule has 2 atom stereocenters. The van der Waals surface area contributed by atoms with Gasteiger partial charge < -0.3 is 16.4 Å². The van der Waals surface area contributed by atoms with E-state index in [-0.39, 0.29) is 11.9 Å². The molecule has 38 heavy (non-hydrogen) atoms. The van der Waals surface area contributed by atoms with Crippen molar-refractivity contribution in [3.8, 4) is 0 Å². The number of H-pyrrole nitrogens is 1. The Morgan fingerprint density at radius 2 is 2.00 bits per heavy atom. The van der Waals surface area contributed by atoms with E-state index in [2.05, 4.69) is 57.1 Å². The second-order valence-corrected chi connectivity index (χ2v) is 10.4. The topological polar surface area (TPSA) is 122 Å². The van der Waals surface area contributed by atoms with Gasteiger partial charge in [0.2, 0.25) is 0 Å². The molecule has 2 aliphatic rings. The molecule has 0 saturated heterocycles. The average Bonchev–Trinajstić information content (AvgIpc) is 3.62. The predicted molar refractivity (Wildman–Crippen MR) is 154 cm³/mol. The molecule has 1 aromatic heterocycles. The van der Waals surface area contributed by atoms with Gasteiger partial charge in [0, 0.05) is 31.4 Å². The minimum Gasteiger partial charge on any atom is -0.388 e. The summed E-state index contributed by atoms with van der Waals surface area (Å²) >= 11 is 0. The normalized spacial score (nSPS) is 19.6. The molecule has 8 nitrogen and oxygen atoms in total. The number of nitrogens with two attached hydrogens (primary N) is 1. The van der Waals surface area contributed by atoms with Crippen molar-refractivity contribution in [2.75, 3.05) is 14.1 Å². The van der Waals surface area contributed by atoms with Crippen molar-refractivity contribution < 1.29 is 4.79 Å². The number of aryl methyl sites for hydroxylation is 1. The Balaban J connectivity index is 0.000000505. The first-order valence-corrected chi connectivity index (χ1v) is 13.5. The highest BCUT2D eigenvalue weighted by atomic mass is 16.1. The Hall–Kier alpha value is -3.52. The van der Waals surface area contributed by atoms with Crippen molar-refractivity contribution in [3.05, 3.63) is 89.4 Å². The lowest BCUT2D eigenvalue weighted by Crippen LogP contribution is -2.39. The van der Waals surface area contributed by atoms with E-state index in [0.717, 1.165) is 47.2 Å². The first-order valence-electron chi connectivity index (χ1n) is 13.5. The smallest absolute Gasteiger partial charge is 0.251 e. The van der Waals surface area contributed by atoms with E-state index in [1.54, 1.807) is 7.05 Å². The van der Waals surface area contributed by atoms with E-state index in [0.29, 0.717) is 23.7 Å². The van der Waals surface area contributed by atoms with E-state index in [1.165, 1.54) is 25.7 Å². The second kappa shape index (κ2) is 13.3. The number of tetrazole rings is 1. The Labute approximate surface area is 226 Å². The van der Waals surface area contributed by atoms with Gasteiger partial charge in [0.25, 0.3) is 5.91 Å². The summed E-state index contributed by atoms with van der Waals surface area (Å²) in [6.45, 7) is 13.4. The Morgan fingerprint density at radius 3 is 2.55 bits per heavy atom. The molecule has 2 unspecified atom stereocenters. The lowest BCUT2D eigenvalue weighted by molar-refractivity contribution is 0.0963. The number of hydrogen-bond donors (Lipinski definition) is 4. The fraction of sp³-hybridized carbons (Fsp3) is 0.467. The molecule has 0 aliphatic heterocycles. The van der Waals surface area contributed by atoms with Gasteiger partial charge in [-0.1, -0.05) is 68.9 Å². The molecule has 0 bridgehead atoms. The molecule has 0 spiro atoms. The van der Waals surface area contributed by atoms with Gasteiger partial charge in [-0.2, -0.15) is 5.21 Å². The fourth-order valence-electron chi connectivity index (χ4n) is 5.75. The van der Waals surface area contributed by atoms with E-state index in [1.807, 2.05) is 38.2 Å². The lowest BCUT2D eigenvalue weighted by atomic mass is 9.67. The number of hydrogen-bond acceptors (Lipinski definition) is 6. The number of carbonyl (C=O) groups is 1. The minimum absolute atomic E-state index is 0.00508. The van der Waals surface area contributed by atoms with E-state index < -0.39 is 5.41 Å². The summed E-state index contributed by atoms with van der Waals surface area (Å²) in [4.78, 5) is 12.3. The van der Waals surface area contributed by atoms with Crippen LogP contribution in [0.1, 0.15) is 79.2 Å². The third kappa shape index (κ3) is 6.48. The number of rotatable bonds is 9. The second-order valence-electron chi connectivity index (χ2n) is 10.4. The Bertz CT molecular complexity index is 1160. The van der Waals surface area contributed by atoms with Crippen molar-refractivity contribution in [1.29, 1.82) is 0 Å². The summed E-state index contributed by atoms with van der Waals surface area (Å²) < 4.78 is 0. The average molecular weight is 518 g/mol. The van der Waals surface area contributed by atoms with Crippen LogP contribution in [0.15, 0.2) is 66.9 Å². The third-order valence-corrected chi connectivity index (χ3v) is 7.77. The lowest BCUT2D eigenvalue weighted by Gasteiger charge is -2.36. The van der Waals surface area contributed by atoms with Gasteiger partial charge >= 0.3 is 0 Å². The van der Waals surface area contributed by atoms with Crippen LogP contribution >= 0.6 is 0 Å². The Kier molecular flexibility index (Phi) is 10.2. The molecule has 4 rings (SSSR count). The number of nitrogens with zero attached hydrogens (tertiary/aromatic N) is 3. The van der Waals surface area contributed by atoms with E-state index >= 15 is 0 Å². The molecule has 2 aromatic rings. The molecule has 1 fully saturated rings. The molecule has 1 heterocycles. The van der Waals surface area contributed by atoms with Crippen molar-refractivity contribution in [2.24, 2.45) is 11.7 Å². The van der Waals surface area contributed by atoms with E-state index in [9.17, 15) is 4.79 Å². The first kappa shape index (κ1) is 29.0. The number of carbonyl (C=O) groups excluding carboxylic acids is 1. The molecule has 1 aromatic carbocycles. The maximum Gasteiger partial charge on any atom is 0.251 e. The third-order valence-electron chi connectivity index (χ3n) is 7.77. The van der Waals surface area contributed by atoms with Crippen molar-refractivity contribution >= 4 is 5.91 Å². The summed E-state index contributed by atoms with van der Waals surface area (Å²) in [5.74, 6) is 1.21. The highest BCUT2D eigenvalue weighted by Gasteiger charge is 2.44. The summed E-state index contributed by atoms with van der Waals surface area (Å²) in [6, 6.07) is 5.91. The number of allylic oxidation sites excluding steroid dienone is 4. The summed E-state index contributed by atoms with van der Waals surface area (Å²) in [5.41, 5.74) is 12.0. The molecule has 0 radical (unpaired) electrons. The number of likely N-dealkylation sites (N-methyl/N-ethyl adjacent to an activating group) is 1. The number of nitrogens with one attached hydrogen (secondary N) is 3. The molecule has 5 N–H and O–H groups in total. The van der Waals surface area contributed by atoms with Gasteiger partial charge in [0.05, 0.1) is 5.41 Å². The van der Waals surface area contributed by atoms with Crippen LogP contribution in [0.25, 0.3) is 0 Å². The SMILES string of the molecule is C=C(C)C(=C)NC.C=CC1=CCCc2cc(C(=O)NC)ccc2C1(CC(N)CC1CCCC1)c1nn[nH]n1. The zero-order chi connectivity index (χ0) is 27.7. The molecular formula is C30H43N7O. The largest absolute Gasteiger partial charge is 0.388 e. The van der Waals surface area contributed by atoms with Gasteiger partial charge in [0.1, 0.15) is 0 Å². The number of aromatic amines is 1. The summed E-state index contributed by atoms with van der Waals surface area (Å²) in [6.07, 6.45) is 12.6. The highest BCUT2D eigenvalue weighted by Crippen LogP contribution is 2.46. The maximum absolute atomic E-state index is 12.3. The van der Waals surface area contributed by atoms with Gasteiger partial charge in [-0.15, -0.1) is 10.2 Å². The van der Waals surface area contributed by atoms with Crippen LogP contribution in [0.4, 0.5) is 0 Å². The van der Waals surface area contributed by atoms with Crippen molar-refractivity contribution in [3.63, 3.8) is 0 Å². The predicted octanol–water partition coefficient (Wildman–Crippen LogP) is 4.50. The van der Waals surface area contributed by atoms with Crippen LogP contribution in [-0.4, -0.2) is 46.7 Å². The molecular weight excluding hydrogens is 474 g/mol. The quantitative estimate of drug-likeness (QED) is 0.364.